The van der Waals surface area contributed by atoms with Gasteiger partial charge in [0.2, 0.25) is 21.2 Å². The fraction of sp³-hybridized carbons (Fsp3) is 0.545. The first-order chi connectivity index (χ1) is 15.8. The van der Waals surface area contributed by atoms with Crippen LogP contribution in [0.15, 0.2) is 35.5 Å². The molecule has 1 saturated carbocycles. The molecule has 3 unspecified atom stereocenters. The molecule has 1 aromatic carbocycles. The van der Waals surface area contributed by atoms with E-state index in [9.17, 15) is 13.2 Å². The minimum absolute atomic E-state index is 0.00173. The lowest BCUT2D eigenvalue weighted by Gasteiger charge is -2.42. The van der Waals surface area contributed by atoms with Crippen LogP contribution in [0.25, 0.3) is 0 Å². The molecule has 180 valence electrons. The summed E-state index contributed by atoms with van der Waals surface area (Å²) in [6.07, 6.45) is 9.18. The minimum atomic E-state index is -4.15. The Hall–Kier alpha value is -1.32. The molecule has 2 aromatic rings. The highest BCUT2D eigenvalue weighted by molar-refractivity contribution is 7.89. The summed E-state index contributed by atoms with van der Waals surface area (Å²) < 4.78 is 30.7. The van der Waals surface area contributed by atoms with Crippen molar-refractivity contribution in [2.45, 2.75) is 56.0 Å². The van der Waals surface area contributed by atoms with Gasteiger partial charge in [-0.3, -0.25) is 4.79 Å². The number of rotatable bonds is 7. The SMILES string of the molecule is O=C(C(CCn1ccnc1Cl)NS(=O)(=O)c1c(Cl)cccc1Cl)N1CCC2CCCCC2C1. The zero-order valence-electron chi connectivity index (χ0n) is 18.1. The summed E-state index contributed by atoms with van der Waals surface area (Å²) in [5.41, 5.74) is 0. The highest BCUT2D eigenvalue weighted by Gasteiger charge is 2.37. The first-order valence-corrected chi connectivity index (χ1v) is 13.8. The fourth-order valence-corrected chi connectivity index (χ4v) is 7.55. The lowest BCUT2D eigenvalue weighted by Crippen LogP contribution is -2.53. The van der Waals surface area contributed by atoms with Gasteiger partial charge in [0.05, 0.1) is 10.0 Å². The van der Waals surface area contributed by atoms with Crippen molar-refractivity contribution in [1.82, 2.24) is 19.2 Å². The maximum Gasteiger partial charge on any atom is 0.244 e. The van der Waals surface area contributed by atoms with Gasteiger partial charge in [0.1, 0.15) is 10.9 Å². The average molecular weight is 534 g/mol. The van der Waals surface area contributed by atoms with Crippen molar-refractivity contribution in [2.24, 2.45) is 11.8 Å². The van der Waals surface area contributed by atoms with Crippen LogP contribution in [0.5, 0.6) is 0 Å². The summed E-state index contributed by atoms with van der Waals surface area (Å²) in [6.45, 7) is 1.63. The topological polar surface area (TPSA) is 84.3 Å². The number of hydrogen-bond donors (Lipinski definition) is 1. The molecule has 2 fully saturated rings. The van der Waals surface area contributed by atoms with E-state index in [-0.39, 0.29) is 32.6 Å². The normalized spacial score (nSPS) is 22.1. The molecule has 33 heavy (non-hydrogen) atoms. The van der Waals surface area contributed by atoms with E-state index in [4.69, 9.17) is 34.8 Å². The number of imidazole rings is 1. The number of hydrogen-bond acceptors (Lipinski definition) is 4. The predicted octanol–water partition coefficient (Wildman–Crippen LogP) is 4.62. The van der Waals surface area contributed by atoms with E-state index < -0.39 is 16.1 Å². The second-order valence-electron chi connectivity index (χ2n) is 8.78. The van der Waals surface area contributed by atoms with Crippen LogP contribution in [-0.4, -0.2) is 47.9 Å². The number of benzene rings is 1. The van der Waals surface area contributed by atoms with Gasteiger partial charge in [-0.2, -0.15) is 4.72 Å². The second kappa shape index (κ2) is 10.5. The zero-order chi connectivity index (χ0) is 23.6. The Morgan fingerprint density at radius 2 is 1.82 bits per heavy atom. The molecule has 4 rings (SSSR count). The molecule has 1 aromatic heterocycles. The molecule has 0 bridgehead atoms. The van der Waals surface area contributed by atoms with Gasteiger partial charge in [-0.05, 0) is 54.8 Å². The number of carbonyl (C=O) groups is 1. The molecule has 3 atom stereocenters. The molecule has 2 heterocycles. The summed E-state index contributed by atoms with van der Waals surface area (Å²) in [7, 11) is -4.15. The van der Waals surface area contributed by atoms with E-state index in [0.29, 0.717) is 31.5 Å². The van der Waals surface area contributed by atoms with Gasteiger partial charge in [0.15, 0.2) is 0 Å². The molecule has 0 radical (unpaired) electrons. The number of fused-ring (bicyclic) bond motifs is 1. The summed E-state index contributed by atoms with van der Waals surface area (Å²) in [5, 5.41) is 0.282. The largest absolute Gasteiger partial charge is 0.341 e. The van der Waals surface area contributed by atoms with Crippen LogP contribution in [0, 0.1) is 11.8 Å². The van der Waals surface area contributed by atoms with Gasteiger partial charge >= 0.3 is 0 Å². The van der Waals surface area contributed by atoms with E-state index >= 15 is 0 Å². The monoisotopic (exact) mass is 532 g/mol. The Kier molecular flexibility index (Phi) is 7.91. The third-order valence-electron chi connectivity index (χ3n) is 6.71. The van der Waals surface area contributed by atoms with E-state index in [1.54, 1.807) is 23.0 Å². The molecule has 1 N–H and O–H groups in total. The number of nitrogens with one attached hydrogen (secondary N) is 1. The Morgan fingerprint density at radius 1 is 1.12 bits per heavy atom. The molecule has 2 aliphatic rings. The zero-order valence-corrected chi connectivity index (χ0v) is 21.2. The first kappa shape index (κ1) is 24.8. The van der Waals surface area contributed by atoms with Gasteiger partial charge in [-0.1, -0.05) is 48.5 Å². The number of amides is 1. The van der Waals surface area contributed by atoms with Crippen LogP contribution in [0.1, 0.15) is 38.5 Å². The summed E-state index contributed by atoms with van der Waals surface area (Å²) in [6, 6.07) is 3.50. The van der Waals surface area contributed by atoms with Crippen LogP contribution < -0.4 is 4.72 Å². The summed E-state index contributed by atoms with van der Waals surface area (Å²) >= 11 is 18.4. The van der Waals surface area contributed by atoms with Crippen molar-refractivity contribution in [2.75, 3.05) is 13.1 Å². The predicted molar refractivity (Wildman–Crippen MR) is 129 cm³/mol. The standard InChI is InChI=1S/C22H27Cl3N4O3S/c23-17-6-3-7-18(24)20(17)33(31,32)27-19(9-12-28-13-10-26-22(28)25)21(30)29-11-8-15-4-1-2-5-16(15)14-29/h3,6-7,10,13,15-16,19,27H,1-2,4-5,8-9,11-12,14H2. The Morgan fingerprint density at radius 3 is 2.48 bits per heavy atom. The summed E-state index contributed by atoms with van der Waals surface area (Å²) in [4.78, 5) is 19.1. The van der Waals surface area contributed by atoms with E-state index in [1.807, 2.05) is 4.90 Å². The molecule has 7 nitrogen and oxygen atoms in total. The molecule has 1 amide bonds. The van der Waals surface area contributed by atoms with Gasteiger partial charge in [-0.15, -0.1) is 0 Å². The molecule has 11 heteroatoms. The van der Waals surface area contributed by atoms with Gasteiger partial charge < -0.3 is 9.47 Å². The first-order valence-electron chi connectivity index (χ1n) is 11.2. The number of piperidine rings is 1. The third-order valence-corrected chi connectivity index (χ3v) is 9.45. The van der Waals surface area contributed by atoms with Crippen LogP contribution in [-0.2, 0) is 21.4 Å². The highest BCUT2D eigenvalue weighted by Crippen LogP contribution is 2.36. The van der Waals surface area contributed by atoms with Crippen molar-refractivity contribution in [3.8, 4) is 0 Å². The number of likely N-dealkylation sites (tertiary alicyclic amines) is 1. The van der Waals surface area contributed by atoms with Crippen molar-refractivity contribution in [1.29, 1.82) is 0 Å². The van der Waals surface area contributed by atoms with E-state index in [1.165, 1.54) is 31.4 Å². The van der Waals surface area contributed by atoms with Crippen molar-refractivity contribution in [3.05, 3.63) is 45.9 Å². The van der Waals surface area contributed by atoms with Crippen LogP contribution >= 0.6 is 34.8 Å². The lowest BCUT2D eigenvalue weighted by molar-refractivity contribution is -0.136. The number of nitrogens with zero attached hydrogens (tertiary/aromatic N) is 3. The minimum Gasteiger partial charge on any atom is -0.341 e. The molecule has 0 spiro atoms. The van der Waals surface area contributed by atoms with E-state index in [2.05, 4.69) is 9.71 Å². The third kappa shape index (κ3) is 5.68. The molecule has 1 aliphatic carbocycles. The van der Waals surface area contributed by atoms with Crippen molar-refractivity contribution < 1.29 is 13.2 Å². The number of aromatic nitrogens is 2. The average Bonchev–Trinajstić information content (AvgIpc) is 3.20. The molecular weight excluding hydrogens is 507 g/mol. The Bertz CT molecular complexity index is 1090. The number of halogens is 3. The van der Waals surface area contributed by atoms with Crippen LogP contribution in [0.2, 0.25) is 15.3 Å². The molecule has 1 saturated heterocycles. The second-order valence-corrected chi connectivity index (χ2v) is 11.6. The maximum absolute atomic E-state index is 13.6. The smallest absolute Gasteiger partial charge is 0.244 e. The highest BCUT2D eigenvalue weighted by atomic mass is 35.5. The Balaban J connectivity index is 1.56. The van der Waals surface area contributed by atoms with Gasteiger partial charge in [-0.25, -0.2) is 13.4 Å². The quantitative estimate of drug-likeness (QED) is 0.563. The molecule has 1 aliphatic heterocycles. The number of sulfonamides is 1. The lowest BCUT2D eigenvalue weighted by atomic mass is 9.75. The Labute approximate surface area is 209 Å². The molecular formula is C22H27Cl3N4O3S. The van der Waals surface area contributed by atoms with Gasteiger partial charge in [0.25, 0.3) is 0 Å². The van der Waals surface area contributed by atoms with Gasteiger partial charge in [0, 0.05) is 32.0 Å². The van der Waals surface area contributed by atoms with Crippen LogP contribution in [0.3, 0.4) is 0 Å². The van der Waals surface area contributed by atoms with Crippen molar-refractivity contribution in [3.63, 3.8) is 0 Å². The van der Waals surface area contributed by atoms with Crippen molar-refractivity contribution >= 4 is 50.7 Å². The number of aryl methyl sites for hydroxylation is 1. The summed E-state index contributed by atoms with van der Waals surface area (Å²) in [5.74, 6) is 0.904. The number of carbonyl (C=O) groups excluding carboxylic acids is 1. The van der Waals surface area contributed by atoms with E-state index in [0.717, 1.165) is 12.8 Å². The maximum atomic E-state index is 13.6. The fourth-order valence-electron chi connectivity index (χ4n) is 4.99. The van der Waals surface area contributed by atoms with Crippen LogP contribution in [0.4, 0.5) is 0 Å².